The average Bonchev–Trinajstić information content (AvgIpc) is 2.23. The fraction of sp³-hybridized carbons (Fsp3) is 0.417. The third-order valence-corrected chi connectivity index (χ3v) is 3.06. The van der Waals surface area contributed by atoms with Crippen LogP contribution in [-0.2, 0) is 4.74 Å². The molecule has 3 N–H and O–H groups in total. The summed E-state index contributed by atoms with van der Waals surface area (Å²) in [5.74, 6) is -0.551. The topological polar surface area (TPSA) is 72.5 Å². The number of hydrogen-bond donors (Lipinski definition) is 2. The number of halogens is 2. The molecule has 100 valence electrons. The van der Waals surface area contributed by atoms with Crippen LogP contribution in [0.4, 0.5) is 5.69 Å². The Labute approximate surface area is 116 Å². The van der Waals surface area contributed by atoms with Crippen LogP contribution in [0.3, 0.4) is 0 Å². The summed E-state index contributed by atoms with van der Waals surface area (Å²) in [6.07, 6.45) is 0.343. The highest BCUT2D eigenvalue weighted by molar-refractivity contribution is 6.43. The quantitative estimate of drug-likeness (QED) is 0.661. The fourth-order valence-corrected chi connectivity index (χ4v) is 1.54. The van der Waals surface area contributed by atoms with Crippen molar-refractivity contribution in [2.45, 2.75) is 25.9 Å². The number of hydrogen-bond acceptors (Lipinski definition) is 4. The van der Waals surface area contributed by atoms with E-state index < -0.39 is 11.6 Å². The van der Waals surface area contributed by atoms with Crippen molar-refractivity contribution in [3.8, 4) is 0 Å². The lowest BCUT2D eigenvalue weighted by Crippen LogP contribution is -2.22. The van der Waals surface area contributed by atoms with Crippen LogP contribution in [-0.4, -0.2) is 23.3 Å². The van der Waals surface area contributed by atoms with Crippen molar-refractivity contribution in [1.82, 2.24) is 0 Å². The molecule has 0 heterocycles. The van der Waals surface area contributed by atoms with Crippen molar-refractivity contribution in [2.24, 2.45) is 0 Å². The number of ether oxygens (including phenoxy) is 1. The second-order valence-electron chi connectivity index (χ2n) is 4.56. The van der Waals surface area contributed by atoms with Crippen LogP contribution >= 0.6 is 23.2 Å². The summed E-state index contributed by atoms with van der Waals surface area (Å²) >= 11 is 11.6. The van der Waals surface area contributed by atoms with Gasteiger partial charge >= 0.3 is 5.97 Å². The van der Waals surface area contributed by atoms with Crippen molar-refractivity contribution >= 4 is 34.9 Å². The lowest BCUT2D eigenvalue weighted by molar-refractivity contribution is 0.0244. The lowest BCUT2D eigenvalue weighted by Gasteiger charge is -2.16. The fourth-order valence-electron chi connectivity index (χ4n) is 1.21. The van der Waals surface area contributed by atoms with E-state index in [0.29, 0.717) is 6.42 Å². The maximum Gasteiger partial charge on any atom is 0.338 e. The highest BCUT2D eigenvalue weighted by Gasteiger charge is 2.16. The van der Waals surface area contributed by atoms with E-state index in [9.17, 15) is 9.90 Å². The minimum atomic E-state index is -0.878. The number of carbonyl (C=O) groups is 1. The molecule has 1 rings (SSSR count). The second kappa shape index (κ2) is 5.78. The second-order valence-corrected chi connectivity index (χ2v) is 5.34. The van der Waals surface area contributed by atoms with Crippen molar-refractivity contribution < 1.29 is 14.6 Å². The number of anilines is 1. The molecule has 6 heteroatoms. The van der Waals surface area contributed by atoms with Crippen molar-refractivity contribution in [2.75, 3.05) is 12.3 Å². The molecule has 18 heavy (non-hydrogen) atoms. The van der Waals surface area contributed by atoms with Gasteiger partial charge in [-0.25, -0.2) is 4.79 Å². The van der Waals surface area contributed by atoms with Gasteiger partial charge in [0.05, 0.1) is 33.5 Å². The van der Waals surface area contributed by atoms with Crippen LogP contribution in [0.5, 0.6) is 0 Å². The number of nitrogen functional groups attached to an aromatic ring is 1. The number of carbonyl (C=O) groups excluding carboxylic acids is 1. The van der Waals surface area contributed by atoms with Crippen molar-refractivity contribution in [3.63, 3.8) is 0 Å². The summed E-state index contributed by atoms with van der Waals surface area (Å²) < 4.78 is 5.00. The molecule has 0 saturated heterocycles. The standard InChI is InChI=1S/C12H15Cl2NO3/c1-12(2,17)3-4-18-11(16)7-5-8(13)10(14)9(15)6-7/h5-6,17H,3-4,15H2,1-2H3. The highest BCUT2D eigenvalue weighted by atomic mass is 35.5. The monoisotopic (exact) mass is 291 g/mol. The number of benzene rings is 1. The Balaban J connectivity index is 2.68. The first-order chi connectivity index (χ1) is 8.20. The molecule has 0 bridgehead atoms. The van der Waals surface area contributed by atoms with Crippen LogP contribution in [0.2, 0.25) is 10.0 Å². The largest absolute Gasteiger partial charge is 0.462 e. The van der Waals surface area contributed by atoms with Crippen LogP contribution in [0, 0.1) is 0 Å². The summed E-state index contributed by atoms with van der Waals surface area (Å²) in [5.41, 5.74) is 5.17. The molecule has 0 atom stereocenters. The Hall–Kier alpha value is -0.970. The van der Waals surface area contributed by atoms with E-state index in [4.69, 9.17) is 33.7 Å². The van der Waals surface area contributed by atoms with Crippen LogP contribution in [0.15, 0.2) is 12.1 Å². The molecule has 0 aliphatic rings. The van der Waals surface area contributed by atoms with E-state index in [1.54, 1.807) is 13.8 Å². The molecule has 0 fully saturated rings. The average molecular weight is 292 g/mol. The van der Waals surface area contributed by atoms with Gasteiger partial charge in [0.1, 0.15) is 0 Å². The molecule has 0 aliphatic carbocycles. The minimum absolute atomic E-state index is 0.114. The van der Waals surface area contributed by atoms with E-state index in [-0.39, 0.29) is 27.9 Å². The first kappa shape index (κ1) is 15.1. The molecule has 0 unspecified atom stereocenters. The summed E-state index contributed by atoms with van der Waals surface area (Å²) in [6.45, 7) is 3.39. The van der Waals surface area contributed by atoms with E-state index in [0.717, 1.165) is 0 Å². The molecular weight excluding hydrogens is 277 g/mol. The van der Waals surface area contributed by atoms with Gasteiger partial charge in [-0.3, -0.25) is 0 Å². The van der Waals surface area contributed by atoms with Crippen LogP contribution in [0.1, 0.15) is 30.6 Å². The zero-order valence-electron chi connectivity index (χ0n) is 10.2. The molecule has 0 aliphatic heterocycles. The smallest absolute Gasteiger partial charge is 0.338 e. The SMILES string of the molecule is CC(C)(O)CCOC(=O)c1cc(N)c(Cl)c(Cl)c1. The highest BCUT2D eigenvalue weighted by Crippen LogP contribution is 2.29. The van der Waals surface area contributed by atoms with E-state index in [2.05, 4.69) is 0 Å². The lowest BCUT2D eigenvalue weighted by atomic mass is 10.1. The first-order valence-electron chi connectivity index (χ1n) is 5.35. The number of nitrogens with two attached hydrogens (primary N) is 1. The number of aliphatic hydroxyl groups is 1. The Morgan fingerprint density at radius 3 is 2.56 bits per heavy atom. The Bertz CT molecular complexity index is 432. The summed E-state index contributed by atoms with van der Waals surface area (Å²) in [5, 5.41) is 9.89. The van der Waals surface area contributed by atoms with Crippen LogP contribution in [0.25, 0.3) is 0 Å². The van der Waals surface area contributed by atoms with Gasteiger partial charge in [0, 0.05) is 6.42 Å². The molecule has 0 saturated carbocycles. The molecule has 1 aromatic carbocycles. The van der Waals surface area contributed by atoms with E-state index in [1.165, 1.54) is 12.1 Å². The Kier molecular flexibility index (Phi) is 4.85. The minimum Gasteiger partial charge on any atom is -0.462 e. The molecule has 1 aromatic rings. The number of esters is 1. The summed E-state index contributed by atoms with van der Waals surface area (Å²) in [4.78, 5) is 11.7. The summed E-state index contributed by atoms with van der Waals surface area (Å²) in [6, 6.07) is 2.80. The Morgan fingerprint density at radius 2 is 2.06 bits per heavy atom. The predicted molar refractivity (Wildman–Crippen MR) is 72.1 cm³/mol. The van der Waals surface area contributed by atoms with E-state index in [1.807, 2.05) is 0 Å². The van der Waals surface area contributed by atoms with Gasteiger partial charge < -0.3 is 15.6 Å². The van der Waals surface area contributed by atoms with Gasteiger partial charge in [0.25, 0.3) is 0 Å². The van der Waals surface area contributed by atoms with Gasteiger partial charge in [-0.2, -0.15) is 0 Å². The predicted octanol–water partition coefficient (Wildman–Crippen LogP) is 2.89. The molecule has 0 aromatic heterocycles. The van der Waals surface area contributed by atoms with Crippen LogP contribution < -0.4 is 5.73 Å². The molecule has 0 spiro atoms. The van der Waals surface area contributed by atoms with Gasteiger partial charge in [0.2, 0.25) is 0 Å². The third-order valence-electron chi connectivity index (χ3n) is 2.24. The third kappa shape index (κ3) is 4.37. The maximum atomic E-state index is 11.7. The molecular formula is C12H15Cl2NO3. The molecule has 0 radical (unpaired) electrons. The summed E-state index contributed by atoms with van der Waals surface area (Å²) in [7, 11) is 0. The Morgan fingerprint density at radius 1 is 1.44 bits per heavy atom. The van der Waals surface area contributed by atoms with Gasteiger partial charge in [0.15, 0.2) is 0 Å². The van der Waals surface area contributed by atoms with Gasteiger partial charge in [-0.1, -0.05) is 23.2 Å². The zero-order chi connectivity index (χ0) is 13.9. The first-order valence-corrected chi connectivity index (χ1v) is 6.10. The molecule has 4 nitrogen and oxygen atoms in total. The maximum absolute atomic E-state index is 11.7. The zero-order valence-corrected chi connectivity index (χ0v) is 11.7. The van der Waals surface area contributed by atoms with Gasteiger partial charge in [-0.05, 0) is 26.0 Å². The normalized spacial score (nSPS) is 11.4. The van der Waals surface area contributed by atoms with Crippen molar-refractivity contribution in [3.05, 3.63) is 27.7 Å². The van der Waals surface area contributed by atoms with E-state index >= 15 is 0 Å². The van der Waals surface area contributed by atoms with Crippen molar-refractivity contribution in [1.29, 1.82) is 0 Å². The number of rotatable bonds is 4. The molecule has 0 amide bonds. The van der Waals surface area contributed by atoms with Gasteiger partial charge in [-0.15, -0.1) is 0 Å².